The average molecular weight is 226 g/mol. The van der Waals surface area contributed by atoms with Crippen LogP contribution < -0.4 is 5.32 Å². The highest BCUT2D eigenvalue weighted by atomic mass is 32.2. The van der Waals surface area contributed by atoms with Gasteiger partial charge in [-0.25, -0.2) is 0 Å². The average Bonchev–Trinajstić information content (AvgIpc) is 2.61. The minimum atomic E-state index is -0.795. The van der Waals surface area contributed by atoms with E-state index in [4.69, 9.17) is 9.68 Å². The van der Waals surface area contributed by atoms with Crippen LogP contribution in [0, 0.1) is 11.3 Å². The molecule has 0 saturated heterocycles. The Morgan fingerprint density at radius 1 is 1.67 bits per heavy atom. The van der Waals surface area contributed by atoms with E-state index in [0.29, 0.717) is 18.1 Å². The molecule has 4 nitrogen and oxygen atoms in total. The maximum Gasteiger partial charge on any atom is 0.203 e. The monoisotopic (exact) mass is 226 g/mol. The molecule has 0 aromatic carbocycles. The number of nitrogens with zero attached hydrogens (tertiary/aromatic N) is 1. The van der Waals surface area contributed by atoms with Crippen LogP contribution in [0.15, 0.2) is 16.5 Å². The summed E-state index contributed by atoms with van der Waals surface area (Å²) in [4.78, 5) is 0. The Labute approximate surface area is 91.7 Å². The van der Waals surface area contributed by atoms with Gasteiger partial charge < -0.3 is 9.73 Å². The van der Waals surface area contributed by atoms with Crippen LogP contribution >= 0.6 is 0 Å². The van der Waals surface area contributed by atoms with Crippen LogP contribution in [0.4, 0.5) is 0 Å². The van der Waals surface area contributed by atoms with Gasteiger partial charge in [0, 0.05) is 28.9 Å². The quantitative estimate of drug-likeness (QED) is 0.813. The van der Waals surface area contributed by atoms with E-state index in [1.165, 1.54) is 0 Å². The highest BCUT2D eigenvalue weighted by Crippen LogP contribution is 2.06. The fraction of sp³-hybridized carbons (Fsp3) is 0.500. The lowest BCUT2D eigenvalue weighted by molar-refractivity contribution is 0.458. The Kier molecular flexibility index (Phi) is 4.53. The number of nitrogens with one attached hydrogen (secondary N) is 1. The van der Waals surface area contributed by atoms with Gasteiger partial charge in [0.05, 0.1) is 6.54 Å². The summed E-state index contributed by atoms with van der Waals surface area (Å²) >= 11 is 0. The second-order valence-corrected chi connectivity index (χ2v) is 4.88. The molecule has 0 spiro atoms. The Balaban J connectivity index is 2.37. The van der Waals surface area contributed by atoms with E-state index >= 15 is 0 Å². The van der Waals surface area contributed by atoms with Crippen LogP contribution in [-0.4, -0.2) is 22.3 Å². The normalized spacial score (nSPS) is 14.5. The first-order valence-electron chi connectivity index (χ1n) is 4.64. The lowest BCUT2D eigenvalue weighted by Crippen LogP contribution is -2.30. The van der Waals surface area contributed by atoms with Crippen LogP contribution in [0.3, 0.4) is 0 Å². The number of rotatable bonds is 5. The summed E-state index contributed by atoms with van der Waals surface area (Å²) < 4.78 is 16.1. The molecule has 82 valence electrons. The molecule has 0 radical (unpaired) electrons. The largest absolute Gasteiger partial charge is 0.449 e. The Bertz CT molecular complexity index is 381. The second-order valence-electron chi connectivity index (χ2n) is 3.40. The van der Waals surface area contributed by atoms with Crippen molar-refractivity contribution in [3.63, 3.8) is 0 Å². The first-order chi connectivity index (χ1) is 7.11. The van der Waals surface area contributed by atoms with Crippen LogP contribution in [0.25, 0.3) is 0 Å². The van der Waals surface area contributed by atoms with Crippen molar-refractivity contribution in [2.45, 2.75) is 19.5 Å². The van der Waals surface area contributed by atoms with Crippen molar-refractivity contribution in [1.82, 2.24) is 5.32 Å². The first-order valence-corrected chi connectivity index (χ1v) is 6.36. The predicted molar refractivity (Wildman–Crippen MR) is 58.7 cm³/mol. The smallest absolute Gasteiger partial charge is 0.203 e. The van der Waals surface area contributed by atoms with Gasteiger partial charge in [0.2, 0.25) is 5.76 Å². The van der Waals surface area contributed by atoms with Crippen molar-refractivity contribution in [2.24, 2.45) is 0 Å². The van der Waals surface area contributed by atoms with Crippen LogP contribution in [-0.2, 0) is 17.3 Å². The van der Waals surface area contributed by atoms with Crippen molar-refractivity contribution in [3.05, 3.63) is 23.7 Å². The molecule has 0 amide bonds. The predicted octanol–water partition coefficient (Wildman–Crippen LogP) is 1.01. The zero-order valence-electron chi connectivity index (χ0n) is 8.82. The Hall–Kier alpha value is -1.12. The molecule has 1 aromatic heterocycles. The van der Waals surface area contributed by atoms with Crippen LogP contribution in [0.5, 0.6) is 0 Å². The van der Waals surface area contributed by atoms with E-state index in [-0.39, 0.29) is 6.04 Å². The van der Waals surface area contributed by atoms with E-state index in [0.717, 1.165) is 5.76 Å². The number of furan rings is 1. The topological polar surface area (TPSA) is 66.0 Å². The molecule has 15 heavy (non-hydrogen) atoms. The minimum Gasteiger partial charge on any atom is -0.449 e. The highest BCUT2D eigenvalue weighted by Gasteiger charge is 2.05. The molecular weight excluding hydrogens is 212 g/mol. The van der Waals surface area contributed by atoms with Crippen molar-refractivity contribution in [1.29, 1.82) is 5.26 Å². The molecule has 1 rings (SSSR count). The standard InChI is InChI=1S/C10H14N2O2S/c1-8(7-15(2)13)12-6-10-4-3-9(5-11)14-10/h3-4,8,12H,6-7H2,1-2H3. The molecular formula is C10H14N2O2S. The van der Waals surface area contributed by atoms with Crippen molar-refractivity contribution in [2.75, 3.05) is 12.0 Å². The van der Waals surface area contributed by atoms with Gasteiger partial charge in [-0.2, -0.15) is 5.26 Å². The van der Waals surface area contributed by atoms with E-state index < -0.39 is 10.8 Å². The summed E-state index contributed by atoms with van der Waals surface area (Å²) in [5.74, 6) is 1.66. The molecule has 1 aromatic rings. The molecule has 0 aliphatic carbocycles. The van der Waals surface area contributed by atoms with E-state index in [9.17, 15) is 4.21 Å². The molecule has 0 bridgehead atoms. The molecule has 1 heterocycles. The maximum absolute atomic E-state index is 10.9. The summed E-state index contributed by atoms with van der Waals surface area (Å²) in [6, 6.07) is 5.50. The van der Waals surface area contributed by atoms with Gasteiger partial charge in [-0.3, -0.25) is 4.21 Å². The number of hydrogen-bond donors (Lipinski definition) is 1. The fourth-order valence-corrected chi connectivity index (χ4v) is 2.04. The van der Waals surface area contributed by atoms with Crippen molar-refractivity contribution in [3.8, 4) is 6.07 Å². The summed E-state index contributed by atoms with van der Waals surface area (Å²) in [6.45, 7) is 2.52. The zero-order chi connectivity index (χ0) is 11.3. The third-order valence-corrected chi connectivity index (χ3v) is 2.85. The molecule has 0 aliphatic rings. The highest BCUT2D eigenvalue weighted by molar-refractivity contribution is 7.84. The molecule has 2 atom stereocenters. The van der Waals surface area contributed by atoms with Gasteiger partial charge in [0.15, 0.2) is 0 Å². The van der Waals surface area contributed by atoms with Gasteiger partial charge in [0.25, 0.3) is 0 Å². The van der Waals surface area contributed by atoms with Gasteiger partial charge >= 0.3 is 0 Å². The third-order valence-electron chi connectivity index (χ3n) is 1.88. The van der Waals surface area contributed by atoms with Crippen LogP contribution in [0.2, 0.25) is 0 Å². The summed E-state index contributed by atoms with van der Waals surface area (Å²) in [5.41, 5.74) is 0. The van der Waals surface area contributed by atoms with Crippen molar-refractivity contribution < 1.29 is 8.63 Å². The van der Waals surface area contributed by atoms with Gasteiger partial charge in [-0.15, -0.1) is 0 Å². The van der Waals surface area contributed by atoms with Gasteiger partial charge in [-0.05, 0) is 19.1 Å². The zero-order valence-corrected chi connectivity index (χ0v) is 9.63. The van der Waals surface area contributed by atoms with E-state index in [1.54, 1.807) is 18.4 Å². The number of hydrogen-bond acceptors (Lipinski definition) is 4. The van der Waals surface area contributed by atoms with Crippen molar-refractivity contribution >= 4 is 10.8 Å². The van der Waals surface area contributed by atoms with Gasteiger partial charge in [-0.1, -0.05) is 0 Å². The Morgan fingerprint density at radius 2 is 2.40 bits per heavy atom. The first kappa shape index (κ1) is 12.0. The SMILES string of the molecule is CC(CS(C)=O)NCc1ccc(C#N)o1. The summed E-state index contributed by atoms with van der Waals surface area (Å²) in [7, 11) is -0.795. The van der Waals surface area contributed by atoms with Gasteiger partial charge in [0.1, 0.15) is 11.8 Å². The molecule has 0 fully saturated rings. The number of nitriles is 1. The second kappa shape index (κ2) is 5.69. The van der Waals surface area contributed by atoms with E-state index in [2.05, 4.69) is 5.32 Å². The lowest BCUT2D eigenvalue weighted by Gasteiger charge is -2.10. The van der Waals surface area contributed by atoms with E-state index in [1.807, 2.05) is 13.0 Å². The molecule has 2 unspecified atom stereocenters. The third kappa shape index (κ3) is 4.28. The fourth-order valence-electron chi connectivity index (χ4n) is 1.22. The molecule has 5 heteroatoms. The molecule has 0 saturated carbocycles. The summed E-state index contributed by atoms with van der Waals surface area (Å²) in [5, 5.41) is 11.7. The van der Waals surface area contributed by atoms with Crippen LogP contribution in [0.1, 0.15) is 18.4 Å². The Morgan fingerprint density at radius 3 is 2.93 bits per heavy atom. The summed E-state index contributed by atoms with van der Waals surface area (Å²) in [6.07, 6.45) is 1.68. The maximum atomic E-state index is 10.9. The minimum absolute atomic E-state index is 0.173. The molecule has 1 N–H and O–H groups in total. The molecule has 0 aliphatic heterocycles. The lowest BCUT2D eigenvalue weighted by atomic mass is 10.3.